The van der Waals surface area contributed by atoms with E-state index in [4.69, 9.17) is 0 Å². The van der Waals surface area contributed by atoms with E-state index in [1.54, 1.807) is 12.3 Å². The first-order chi connectivity index (χ1) is 11.1. The Kier molecular flexibility index (Phi) is 6.80. The molecule has 6 heteroatoms. The van der Waals surface area contributed by atoms with E-state index >= 15 is 0 Å². The van der Waals surface area contributed by atoms with Gasteiger partial charge in [0.15, 0.2) is 0 Å². The van der Waals surface area contributed by atoms with Gasteiger partial charge in [0.1, 0.15) is 0 Å². The third-order valence-corrected chi connectivity index (χ3v) is 4.26. The fourth-order valence-electron chi connectivity index (χ4n) is 2.90. The lowest BCUT2D eigenvalue weighted by Crippen LogP contribution is -2.40. The van der Waals surface area contributed by atoms with Crippen LogP contribution in [0.1, 0.15) is 43.0 Å². The number of nitrogens with one attached hydrogen (secondary N) is 1. The molecule has 0 aromatic carbocycles. The van der Waals surface area contributed by atoms with Crippen molar-refractivity contribution in [3.8, 4) is 0 Å². The molecule has 1 fully saturated rings. The van der Waals surface area contributed by atoms with Crippen molar-refractivity contribution in [3.63, 3.8) is 0 Å². The molecule has 1 aliphatic rings. The molecule has 1 atom stereocenters. The fourth-order valence-corrected chi connectivity index (χ4v) is 2.90. The van der Waals surface area contributed by atoms with E-state index in [0.717, 1.165) is 13.1 Å². The maximum absolute atomic E-state index is 12.1. The fraction of sp³-hybridized carbons (Fsp3) is 0.647. The summed E-state index contributed by atoms with van der Waals surface area (Å²) in [5, 5.41) is 12.8. The van der Waals surface area contributed by atoms with Crippen LogP contribution in [0.2, 0.25) is 0 Å². The molecule has 128 valence electrons. The smallest absolute Gasteiger partial charge is 0.251 e. The predicted molar refractivity (Wildman–Crippen MR) is 89.6 cm³/mol. The minimum Gasteiger partial charge on any atom is -0.390 e. The molecule has 0 saturated carbocycles. The Morgan fingerprint density at radius 1 is 1.30 bits per heavy atom. The SMILES string of the molecule is CCn1ccc(C(=O)NC[C@H](O)CN2CCCCCC2)cc1=O. The lowest BCUT2D eigenvalue weighted by Gasteiger charge is -2.23. The van der Waals surface area contributed by atoms with Crippen LogP contribution in [0.25, 0.3) is 0 Å². The Labute approximate surface area is 137 Å². The van der Waals surface area contributed by atoms with Crippen LogP contribution in [0.3, 0.4) is 0 Å². The molecule has 0 bridgehead atoms. The van der Waals surface area contributed by atoms with Gasteiger partial charge in [0, 0.05) is 37.5 Å². The molecule has 0 radical (unpaired) electrons. The second kappa shape index (κ2) is 8.84. The lowest BCUT2D eigenvalue weighted by molar-refractivity contribution is 0.0862. The molecular formula is C17H27N3O3. The van der Waals surface area contributed by atoms with Gasteiger partial charge < -0.3 is 19.9 Å². The standard InChI is InChI=1S/C17H27N3O3/c1-2-20-10-7-14(11-16(20)22)17(23)18-12-15(21)13-19-8-5-3-4-6-9-19/h7,10-11,15,21H,2-6,8-9,12-13H2,1H3,(H,18,23)/t15-/m0/s1. The molecule has 1 aliphatic heterocycles. The Hall–Kier alpha value is -1.66. The zero-order valence-electron chi connectivity index (χ0n) is 13.8. The second-order valence-electron chi connectivity index (χ2n) is 6.12. The largest absolute Gasteiger partial charge is 0.390 e. The van der Waals surface area contributed by atoms with E-state index in [9.17, 15) is 14.7 Å². The van der Waals surface area contributed by atoms with E-state index in [1.165, 1.54) is 36.3 Å². The number of likely N-dealkylation sites (tertiary alicyclic amines) is 1. The number of carbonyl (C=O) groups excluding carboxylic acids is 1. The zero-order chi connectivity index (χ0) is 16.7. The van der Waals surface area contributed by atoms with Crippen molar-refractivity contribution >= 4 is 5.91 Å². The summed E-state index contributed by atoms with van der Waals surface area (Å²) in [7, 11) is 0. The summed E-state index contributed by atoms with van der Waals surface area (Å²) in [6.07, 6.45) is 5.89. The minimum absolute atomic E-state index is 0.190. The van der Waals surface area contributed by atoms with Gasteiger partial charge >= 0.3 is 0 Å². The van der Waals surface area contributed by atoms with E-state index in [-0.39, 0.29) is 18.0 Å². The van der Waals surface area contributed by atoms with Crippen LogP contribution in [0.5, 0.6) is 0 Å². The summed E-state index contributed by atoms with van der Waals surface area (Å²) in [6, 6.07) is 2.96. The number of aromatic nitrogens is 1. The monoisotopic (exact) mass is 321 g/mol. The quantitative estimate of drug-likeness (QED) is 0.814. The molecule has 6 nitrogen and oxygen atoms in total. The number of pyridine rings is 1. The topological polar surface area (TPSA) is 74.6 Å². The van der Waals surface area contributed by atoms with Crippen LogP contribution >= 0.6 is 0 Å². The number of aryl methyl sites for hydroxylation is 1. The number of hydrogen-bond donors (Lipinski definition) is 2. The Morgan fingerprint density at radius 3 is 2.61 bits per heavy atom. The molecule has 2 rings (SSSR count). The average molecular weight is 321 g/mol. The van der Waals surface area contributed by atoms with Crippen molar-refractivity contribution < 1.29 is 9.90 Å². The number of rotatable bonds is 6. The maximum Gasteiger partial charge on any atom is 0.251 e. The van der Waals surface area contributed by atoms with Crippen LogP contribution in [0.4, 0.5) is 0 Å². The van der Waals surface area contributed by atoms with E-state index in [0.29, 0.717) is 18.7 Å². The maximum atomic E-state index is 12.1. The second-order valence-corrected chi connectivity index (χ2v) is 6.12. The van der Waals surface area contributed by atoms with Gasteiger partial charge in [-0.1, -0.05) is 12.8 Å². The van der Waals surface area contributed by atoms with E-state index in [2.05, 4.69) is 10.2 Å². The van der Waals surface area contributed by atoms with Gasteiger partial charge in [-0.3, -0.25) is 9.59 Å². The zero-order valence-corrected chi connectivity index (χ0v) is 13.8. The predicted octanol–water partition coefficient (Wildman–Crippen LogP) is 0.835. The van der Waals surface area contributed by atoms with E-state index < -0.39 is 6.10 Å². The van der Waals surface area contributed by atoms with E-state index in [1.807, 2.05) is 6.92 Å². The molecule has 0 unspecified atom stereocenters. The minimum atomic E-state index is -0.590. The van der Waals surface area contributed by atoms with Crippen LogP contribution in [-0.2, 0) is 6.54 Å². The van der Waals surface area contributed by atoms with Crippen molar-refractivity contribution in [2.75, 3.05) is 26.2 Å². The summed E-state index contributed by atoms with van der Waals surface area (Å²) < 4.78 is 1.53. The average Bonchev–Trinajstić information content (AvgIpc) is 2.81. The van der Waals surface area contributed by atoms with Crippen molar-refractivity contribution in [2.24, 2.45) is 0 Å². The van der Waals surface area contributed by atoms with Gasteiger partial charge in [-0.15, -0.1) is 0 Å². The summed E-state index contributed by atoms with van der Waals surface area (Å²) in [6.45, 7) is 5.26. The molecule has 2 heterocycles. The molecule has 1 aromatic heterocycles. The van der Waals surface area contributed by atoms with Crippen LogP contribution in [-0.4, -0.2) is 52.8 Å². The summed E-state index contributed by atoms with van der Waals surface area (Å²) in [4.78, 5) is 26.1. The lowest BCUT2D eigenvalue weighted by atomic mass is 10.2. The first-order valence-electron chi connectivity index (χ1n) is 8.49. The molecule has 23 heavy (non-hydrogen) atoms. The normalized spacial score (nSPS) is 17.5. The molecule has 1 saturated heterocycles. The molecule has 1 amide bonds. The number of carbonyl (C=O) groups is 1. The van der Waals surface area contributed by atoms with Crippen molar-refractivity contribution in [1.29, 1.82) is 0 Å². The van der Waals surface area contributed by atoms with Gasteiger partial charge in [0.25, 0.3) is 11.5 Å². The molecule has 2 N–H and O–H groups in total. The van der Waals surface area contributed by atoms with Gasteiger partial charge in [-0.05, 0) is 38.9 Å². The molecule has 1 aromatic rings. The highest BCUT2D eigenvalue weighted by molar-refractivity contribution is 5.93. The summed E-state index contributed by atoms with van der Waals surface area (Å²) >= 11 is 0. The first kappa shape index (κ1) is 17.7. The first-order valence-corrected chi connectivity index (χ1v) is 8.49. The highest BCUT2D eigenvalue weighted by atomic mass is 16.3. The third-order valence-electron chi connectivity index (χ3n) is 4.26. The molecular weight excluding hydrogens is 294 g/mol. The third kappa shape index (κ3) is 5.48. The number of hydrogen-bond acceptors (Lipinski definition) is 4. The van der Waals surface area contributed by atoms with Gasteiger partial charge in [0.2, 0.25) is 0 Å². The van der Waals surface area contributed by atoms with Crippen LogP contribution in [0, 0.1) is 0 Å². The van der Waals surface area contributed by atoms with Crippen molar-refractivity contribution in [2.45, 2.75) is 45.3 Å². The highest BCUT2D eigenvalue weighted by Crippen LogP contribution is 2.09. The van der Waals surface area contributed by atoms with Crippen LogP contribution < -0.4 is 10.9 Å². The number of β-amino-alcohol motifs (C(OH)–C–C–N with tert-alkyl or cyclic N) is 1. The number of aliphatic hydroxyl groups is 1. The Balaban J connectivity index is 1.81. The van der Waals surface area contributed by atoms with Crippen molar-refractivity contribution in [1.82, 2.24) is 14.8 Å². The van der Waals surface area contributed by atoms with Gasteiger partial charge in [0.05, 0.1) is 6.10 Å². The Bertz CT molecular complexity index is 562. The van der Waals surface area contributed by atoms with Crippen LogP contribution in [0.15, 0.2) is 23.1 Å². The van der Waals surface area contributed by atoms with Gasteiger partial charge in [-0.2, -0.15) is 0 Å². The highest BCUT2D eigenvalue weighted by Gasteiger charge is 2.15. The van der Waals surface area contributed by atoms with Crippen molar-refractivity contribution in [3.05, 3.63) is 34.2 Å². The Morgan fingerprint density at radius 2 is 2.00 bits per heavy atom. The molecule has 0 aliphatic carbocycles. The summed E-state index contributed by atoms with van der Waals surface area (Å²) in [5.41, 5.74) is 0.145. The summed E-state index contributed by atoms with van der Waals surface area (Å²) in [5.74, 6) is -0.319. The molecule has 0 spiro atoms. The number of amides is 1. The number of aliphatic hydroxyl groups excluding tert-OH is 1. The van der Waals surface area contributed by atoms with Gasteiger partial charge in [-0.25, -0.2) is 0 Å². The number of nitrogens with zero attached hydrogens (tertiary/aromatic N) is 2.